The Balaban J connectivity index is 1.81. The molecule has 0 aliphatic carbocycles. The van der Waals surface area contributed by atoms with Gasteiger partial charge < -0.3 is 15.7 Å². The average Bonchev–Trinajstić information content (AvgIpc) is 2.45. The van der Waals surface area contributed by atoms with Gasteiger partial charge >= 0.3 is 0 Å². The van der Waals surface area contributed by atoms with Crippen molar-refractivity contribution in [2.24, 2.45) is 5.41 Å². The van der Waals surface area contributed by atoms with Crippen LogP contribution in [0.2, 0.25) is 0 Å². The maximum atomic E-state index is 12.4. The summed E-state index contributed by atoms with van der Waals surface area (Å²) in [5, 5.41) is 16.7. The van der Waals surface area contributed by atoms with Gasteiger partial charge in [-0.2, -0.15) is 0 Å². The minimum absolute atomic E-state index is 0.0823. The standard InChI is InChI=1S/C15H20N2O2/c18-12-9-15(7-4-8-16-10-15)14(19)17-13(12)11-5-2-1-3-6-11/h1-3,5-6,12-13,16,18H,4,7-10H2,(H,17,19)/t12-,13+,15+/m1/s1. The maximum absolute atomic E-state index is 12.4. The molecule has 102 valence electrons. The smallest absolute Gasteiger partial charge is 0.228 e. The normalized spacial score (nSPS) is 35.1. The summed E-state index contributed by atoms with van der Waals surface area (Å²) in [6, 6.07) is 9.42. The van der Waals surface area contributed by atoms with E-state index in [1.165, 1.54) is 0 Å². The molecular weight excluding hydrogens is 240 g/mol. The highest BCUT2D eigenvalue weighted by Crippen LogP contribution is 2.39. The van der Waals surface area contributed by atoms with E-state index in [0.29, 0.717) is 13.0 Å². The second-order valence-corrected chi connectivity index (χ2v) is 5.69. The lowest BCUT2D eigenvalue weighted by Gasteiger charge is -2.44. The Hall–Kier alpha value is -1.39. The molecule has 0 radical (unpaired) electrons. The molecule has 3 rings (SSSR count). The number of carbonyl (C=O) groups is 1. The third-order valence-electron chi connectivity index (χ3n) is 4.38. The first kappa shape index (κ1) is 12.6. The molecular formula is C15H20N2O2. The van der Waals surface area contributed by atoms with Crippen LogP contribution in [0.15, 0.2) is 30.3 Å². The number of hydrogen-bond acceptors (Lipinski definition) is 3. The van der Waals surface area contributed by atoms with E-state index in [1.54, 1.807) is 0 Å². The summed E-state index contributed by atoms with van der Waals surface area (Å²) in [5.41, 5.74) is 0.560. The van der Waals surface area contributed by atoms with E-state index in [9.17, 15) is 9.90 Å². The molecule has 1 amide bonds. The number of rotatable bonds is 1. The topological polar surface area (TPSA) is 61.4 Å². The van der Waals surface area contributed by atoms with Crippen LogP contribution in [0.4, 0.5) is 0 Å². The number of carbonyl (C=O) groups excluding carboxylic acids is 1. The quantitative estimate of drug-likeness (QED) is 0.705. The Kier molecular flexibility index (Phi) is 3.29. The second-order valence-electron chi connectivity index (χ2n) is 5.69. The molecule has 3 N–H and O–H groups in total. The van der Waals surface area contributed by atoms with Crippen LogP contribution in [0.25, 0.3) is 0 Å². The number of aliphatic hydroxyl groups excluding tert-OH is 1. The van der Waals surface area contributed by atoms with Crippen LogP contribution in [-0.2, 0) is 4.79 Å². The van der Waals surface area contributed by atoms with Crippen LogP contribution in [0.1, 0.15) is 30.9 Å². The molecule has 2 aliphatic heterocycles. The fraction of sp³-hybridized carbons (Fsp3) is 0.533. The van der Waals surface area contributed by atoms with Gasteiger partial charge in [0.25, 0.3) is 0 Å². The van der Waals surface area contributed by atoms with Crippen LogP contribution in [0.3, 0.4) is 0 Å². The molecule has 19 heavy (non-hydrogen) atoms. The number of aliphatic hydroxyl groups is 1. The minimum atomic E-state index is -0.514. The zero-order chi connectivity index (χ0) is 13.3. The van der Waals surface area contributed by atoms with Crippen molar-refractivity contribution in [1.82, 2.24) is 10.6 Å². The zero-order valence-electron chi connectivity index (χ0n) is 10.9. The first-order valence-corrected chi connectivity index (χ1v) is 6.96. The molecule has 0 saturated carbocycles. The van der Waals surface area contributed by atoms with Crippen molar-refractivity contribution >= 4 is 5.91 Å². The Morgan fingerprint density at radius 3 is 2.74 bits per heavy atom. The van der Waals surface area contributed by atoms with Gasteiger partial charge in [0.15, 0.2) is 0 Å². The lowest BCUT2D eigenvalue weighted by Crippen LogP contribution is -2.58. The highest BCUT2D eigenvalue weighted by atomic mass is 16.3. The van der Waals surface area contributed by atoms with E-state index in [-0.39, 0.29) is 11.9 Å². The monoisotopic (exact) mass is 260 g/mol. The third-order valence-corrected chi connectivity index (χ3v) is 4.38. The number of amides is 1. The average molecular weight is 260 g/mol. The van der Waals surface area contributed by atoms with Crippen LogP contribution in [-0.4, -0.2) is 30.2 Å². The summed E-state index contributed by atoms with van der Waals surface area (Å²) in [6.45, 7) is 1.64. The van der Waals surface area contributed by atoms with Gasteiger partial charge in [-0.25, -0.2) is 0 Å². The fourth-order valence-corrected chi connectivity index (χ4v) is 3.30. The number of benzene rings is 1. The summed E-state index contributed by atoms with van der Waals surface area (Å²) in [6.07, 6.45) is 1.89. The van der Waals surface area contributed by atoms with Crippen molar-refractivity contribution in [1.29, 1.82) is 0 Å². The van der Waals surface area contributed by atoms with Crippen molar-refractivity contribution in [3.05, 3.63) is 35.9 Å². The highest BCUT2D eigenvalue weighted by Gasteiger charge is 2.47. The summed E-state index contributed by atoms with van der Waals surface area (Å²) in [7, 11) is 0. The van der Waals surface area contributed by atoms with Crippen molar-refractivity contribution in [3.8, 4) is 0 Å². The molecule has 2 aliphatic rings. The molecule has 1 spiro atoms. The van der Waals surface area contributed by atoms with Crippen molar-refractivity contribution in [3.63, 3.8) is 0 Å². The molecule has 1 aromatic carbocycles. The van der Waals surface area contributed by atoms with E-state index in [2.05, 4.69) is 10.6 Å². The largest absolute Gasteiger partial charge is 0.391 e. The number of piperidine rings is 2. The van der Waals surface area contributed by atoms with E-state index in [0.717, 1.165) is 24.9 Å². The lowest BCUT2D eigenvalue weighted by atomic mass is 9.71. The van der Waals surface area contributed by atoms with Crippen molar-refractivity contribution in [2.75, 3.05) is 13.1 Å². The van der Waals surface area contributed by atoms with Gasteiger partial charge in [-0.15, -0.1) is 0 Å². The summed E-state index contributed by atoms with van der Waals surface area (Å²) in [5.74, 6) is 0.0823. The van der Waals surface area contributed by atoms with E-state index in [4.69, 9.17) is 0 Å². The predicted molar refractivity (Wildman–Crippen MR) is 72.5 cm³/mol. The third kappa shape index (κ3) is 2.26. The molecule has 0 bridgehead atoms. The van der Waals surface area contributed by atoms with Gasteiger partial charge in [-0.3, -0.25) is 4.79 Å². The Labute approximate surface area is 113 Å². The molecule has 0 aromatic heterocycles. The maximum Gasteiger partial charge on any atom is 0.228 e. The van der Waals surface area contributed by atoms with Gasteiger partial charge in [0, 0.05) is 6.54 Å². The van der Waals surface area contributed by atoms with E-state index < -0.39 is 11.5 Å². The van der Waals surface area contributed by atoms with Gasteiger partial charge in [-0.1, -0.05) is 30.3 Å². The van der Waals surface area contributed by atoms with Gasteiger partial charge in [-0.05, 0) is 31.4 Å². The zero-order valence-corrected chi connectivity index (χ0v) is 10.9. The first-order valence-electron chi connectivity index (χ1n) is 6.96. The molecule has 4 nitrogen and oxygen atoms in total. The van der Waals surface area contributed by atoms with Gasteiger partial charge in [0.2, 0.25) is 5.91 Å². The Morgan fingerprint density at radius 1 is 1.26 bits per heavy atom. The summed E-state index contributed by atoms with van der Waals surface area (Å²) < 4.78 is 0. The second kappa shape index (κ2) is 4.94. The Bertz CT molecular complexity index is 454. The van der Waals surface area contributed by atoms with Crippen molar-refractivity contribution < 1.29 is 9.90 Å². The predicted octanol–water partition coefficient (Wildman–Crippen LogP) is 0.978. The molecule has 2 saturated heterocycles. The molecule has 2 fully saturated rings. The van der Waals surface area contributed by atoms with Crippen molar-refractivity contribution in [2.45, 2.75) is 31.4 Å². The number of nitrogens with one attached hydrogen (secondary N) is 2. The molecule has 1 aromatic rings. The Morgan fingerprint density at radius 2 is 2.05 bits per heavy atom. The minimum Gasteiger partial charge on any atom is -0.391 e. The highest BCUT2D eigenvalue weighted by molar-refractivity contribution is 5.84. The van der Waals surface area contributed by atoms with Gasteiger partial charge in [0.05, 0.1) is 17.6 Å². The number of hydrogen-bond donors (Lipinski definition) is 3. The van der Waals surface area contributed by atoms with E-state index >= 15 is 0 Å². The fourth-order valence-electron chi connectivity index (χ4n) is 3.30. The molecule has 0 unspecified atom stereocenters. The molecule has 3 atom stereocenters. The van der Waals surface area contributed by atoms with E-state index in [1.807, 2.05) is 30.3 Å². The summed E-state index contributed by atoms with van der Waals surface area (Å²) in [4.78, 5) is 12.4. The first-order chi connectivity index (χ1) is 9.21. The van der Waals surface area contributed by atoms with Gasteiger partial charge in [0.1, 0.15) is 0 Å². The lowest BCUT2D eigenvalue weighted by molar-refractivity contribution is -0.141. The van der Waals surface area contributed by atoms with Crippen LogP contribution < -0.4 is 10.6 Å². The molecule has 4 heteroatoms. The van der Waals surface area contributed by atoms with Crippen LogP contribution >= 0.6 is 0 Å². The molecule has 2 heterocycles. The SMILES string of the molecule is O=C1N[C@@H](c2ccccc2)[C@H](O)C[C@]12CCCNC2. The summed E-state index contributed by atoms with van der Waals surface area (Å²) >= 11 is 0. The van der Waals surface area contributed by atoms with Crippen LogP contribution in [0.5, 0.6) is 0 Å². The van der Waals surface area contributed by atoms with Crippen LogP contribution in [0, 0.1) is 5.41 Å².